The van der Waals surface area contributed by atoms with E-state index in [1.807, 2.05) is 79.0 Å². The van der Waals surface area contributed by atoms with Crippen molar-refractivity contribution < 1.29 is 20.1 Å². The van der Waals surface area contributed by atoms with E-state index in [0.717, 1.165) is 39.2 Å². The monoisotopic (exact) mass is 734 g/mol. The van der Waals surface area contributed by atoms with Crippen LogP contribution in [0, 0.1) is 12.1 Å². The molecule has 7 rings (SSSR count). The molecule has 7 aromatic rings. The topological polar surface area (TPSA) is 30.7 Å². The molecule has 0 fully saturated rings. The predicted molar refractivity (Wildman–Crippen MR) is 173 cm³/mol. The number of pyridine rings is 1. The molecule has 43 heavy (non-hydrogen) atoms. The molecule has 0 bridgehead atoms. The van der Waals surface area contributed by atoms with E-state index in [9.17, 15) is 0 Å². The number of hydrogen-bond acceptors (Lipinski definition) is 2. The number of rotatable bonds is 5. The van der Waals surface area contributed by atoms with Crippen LogP contribution < -0.4 is 0 Å². The zero-order valence-corrected chi connectivity index (χ0v) is 26.5. The van der Waals surface area contributed by atoms with E-state index in [0.29, 0.717) is 5.92 Å². The summed E-state index contributed by atoms with van der Waals surface area (Å²) in [4.78, 5) is 9.39. The van der Waals surface area contributed by atoms with Crippen molar-refractivity contribution in [2.75, 3.05) is 0 Å². The number of imidazole rings is 1. The Hall–Kier alpha value is -4.63. The molecule has 0 spiro atoms. The van der Waals surface area contributed by atoms with Crippen LogP contribution in [0.25, 0.3) is 50.5 Å². The van der Waals surface area contributed by atoms with Crippen molar-refractivity contribution in [1.82, 2.24) is 14.5 Å². The normalized spacial score (nSPS) is 10.6. The number of nitrogens with zero attached hydrogens (tertiary/aromatic N) is 3. The second kappa shape index (κ2) is 14.0. The molecule has 213 valence electrons. The Morgan fingerprint density at radius 2 is 1.26 bits per heavy atom. The molecule has 0 atom stereocenters. The summed E-state index contributed by atoms with van der Waals surface area (Å²) < 4.78 is 2.26. The summed E-state index contributed by atoms with van der Waals surface area (Å²) in [5, 5.41) is 0. The number of aromatic nitrogens is 3. The van der Waals surface area contributed by atoms with Gasteiger partial charge in [-0.3, -0.25) is 4.98 Å². The molecule has 5 aromatic carbocycles. The van der Waals surface area contributed by atoms with Gasteiger partial charge in [-0.1, -0.05) is 86.6 Å². The van der Waals surface area contributed by atoms with Gasteiger partial charge in [0.1, 0.15) is 0 Å². The average molecular weight is 734 g/mol. The van der Waals surface area contributed by atoms with Gasteiger partial charge in [0.2, 0.25) is 0 Å². The molecule has 0 saturated carbocycles. The van der Waals surface area contributed by atoms with Gasteiger partial charge in [0.05, 0.1) is 16.9 Å². The minimum Gasteiger partial charge on any atom is -0.333 e. The summed E-state index contributed by atoms with van der Waals surface area (Å²) in [6, 6.07) is 53.7. The Morgan fingerprint density at radius 1 is 0.605 bits per heavy atom. The van der Waals surface area contributed by atoms with Crippen molar-refractivity contribution in [2.45, 2.75) is 19.8 Å². The summed E-state index contributed by atoms with van der Waals surface area (Å²) >= 11 is 0. The second-order valence-corrected chi connectivity index (χ2v) is 10.3. The maximum absolute atomic E-state index is 4.89. The molecule has 0 aliphatic rings. The fourth-order valence-corrected chi connectivity index (χ4v) is 5.07. The minimum atomic E-state index is 0. The quantitative estimate of drug-likeness (QED) is 0.165. The van der Waals surface area contributed by atoms with Gasteiger partial charge in [0, 0.05) is 32.0 Å². The average Bonchev–Trinajstić information content (AvgIpc) is 3.46. The van der Waals surface area contributed by atoms with Crippen LogP contribution in [0.2, 0.25) is 0 Å². The Kier molecular flexibility index (Phi) is 9.73. The van der Waals surface area contributed by atoms with Crippen molar-refractivity contribution >= 4 is 11.0 Å². The molecule has 1 radical (unpaired) electrons. The molecule has 4 heteroatoms. The predicted octanol–water partition coefficient (Wildman–Crippen LogP) is 9.83. The molecular weight excluding hydrogens is 703 g/mol. The second-order valence-electron chi connectivity index (χ2n) is 10.3. The van der Waals surface area contributed by atoms with Gasteiger partial charge < -0.3 is 9.55 Å². The Balaban J connectivity index is 0.000000174. The first-order valence-corrected chi connectivity index (χ1v) is 14.2. The zero-order valence-electron chi connectivity index (χ0n) is 24.1. The van der Waals surface area contributed by atoms with Crippen molar-refractivity contribution in [3.8, 4) is 39.5 Å². The first kappa shape index (κ1) is 29.8. The molecule has 2 heterocycles. The number of hydrogen-bond donors (Lipinski definition) is 0. The van der Waals surface area contributed by atoms with Gasteiger partial charge in [-0.05, 0) is 46.5 Å². The van der Waals surface area contributed by atoms with Crippen molar-refractivity contribution in [1.29, 1.82) is 0 Å². The van der Waals surface area contributed by atoms with Gasteiger partial charge in [-0.25, -0.2) is 0 Å². The molecule has 0 unspecified atom stereocenters. The van der Waals surface area contributed by atoms with E-state index in [1.165, 1.54) is 16.8 Å². The fourth-order valence-electron chi connectivity index (χ4n) is 5.07. The SMILES string of the molecule is CC(C)c1ccccc1-n1c(-c2[c-]cccc2)nc2ccccc21.[Ir].[c-]1ccccc1-c1ccc(-c2ccccc2)cn1. The maximum atomic E-state index is 4.89. The third-order valence-corrected chi connectivity index (χ3v) is 7.17. The van der Waals surface area contributed by atoms with E-state index in [4.69, 9.17) is 4.98 Å². The van der Waals surface area contributed by atoms with Crippen LogP contribution in [0.15, 0.2) is 146 Å². The summed E-state index contributed by atoms with van der Waals surface area (Å²) in [5.74, 6) is 1.37. The number of benzene rings is 5. The molecule has 0 aliphatic heterocycles. The third-order valence-electron chi connectivity index (χ3n) is 7.17. The number of para-hydroxylation sites is 3. The van der Waals surface area contributed by atoms with E-state index >= 15 is 0 Å². The molecule has 0 N–H and O–H groups in total. The standard InChI is InChI=1S/C22H19N2.C17H12N.Ir/c1-16(2)18-12-6-8-14-20(18)24-21-15-9-7-13-19(21)23-22(24)17-10-4-3-5-11-17;1-3-7-14(8-4-1)16-11-12-17(18-13-16)15-9-5-2-6-10-15;/h3-10,12-16H,1-2H3;1-9,11-13H;/q2*-1;. The van der Waals surface area contributed by atoms with Gasteiger partial charge >= 0.3 is 0 Å². The first-order chi connectivity index (χ1) is 20.7. The van der Waals surface area contributed by atoms with Gasteiger partial charge in [0.15, 0.2) is 0 Å². The molecule has 0 saturated heterocycles. The summed E-state index contributed by atoms with van der Waals surface area (Å²) in [5.41, 5.74) is 9.94. The van der Waals surface area contributed by atoms with Crippen LogP contribution in [-0.4, -0.2) is 14.5 Å². The summed E-state index contributed by atoms with van der Waals surface area (Å²) in [7, 11) is 0. The van der Waals surface area contributed by atoms with Gasteiger partial charge in [-0.2, -0.15) is 0 Å². The van der Waals surface area contributed by atoms with Gasteiger partial charge in [0.25, 0.3) is 0 Å². The molecular formula is C39H31IrN3-2. The third kappa shape index (κ3) is 6.73. The van der Waals surface area contributed by atoms with E-state index < -0.39 is 0 Å². The van der Waals surface area contributed by atoms with E-state index in [1.54, 1.807) is 0 Å². The fraction of sp³-hybridized carbons (Fsp3) is 0.0769. The summed E-state index contributed by atoms with van der Waals surface area (Å²) in [6.07, 6.45) is 1.91. The van der Waals surface area contributed by atoms with Crippen molar-refractivity contribution in [3.05, 3.63) is 163 Å². The minimum absolute atomic E-state index is 0. The van der Waals surface area contributed by atoms with Crippen LogP contribution in [0.3, 0.4) is 0 Å². The maximum Gasteiger partial charge on any atom is 0.0774 e. The van der Waals surface area contributed by atoms with Crippen LogP contribution in [-0.2, 0) is 20.1 Å². The van der Waals surface area contributed by atoms with Crippen molar-refractivity contribution in [2.24, 2.45) is 0 Å². The van der Waals surface area contributed by atoms with Crippen LogP contribution in [0.5, 0.6) is 0 Å². The Morgan fingerprint density at radius 3 is 1.93 bits per heavy atom. The Bertz CT molecular complexity index is 1820. The first-order valence-electron chi connectivity index (χ1n) is 14.2. The molecule has 3 nitrogen and oxygen atoms in total. The smallest absolute Gasteiger partial charge is 0.0774 e. The van der Waals surface area contributed by atoms with Crippen LogP contribution in [0.1, 0.15) is 25.3 Å². The zero-order chi connectivity index (χ0) is 28.7. The molecule has 0 aliphatic carbocycles. The van der Waals surface area contributed by atoms with Crippen LogP contribution in [0.4, 0.5) is 0 Å². The molecule has 2 aromatic heterocycles. The largest absolute Gasteiger partial charge is 0.333 e. The van der Waals surface area contributed by atoms with Crippen molar-refractivity contribution in [3.63, 3.8) is 0 Å². The van der Waals surface area contributed by atoms with E-state index in [2.05, 4.69) is 102 Å². The summed E-state index contributed by atoms with van der Waals surface area (Å²) in [6.45, 7) is 4.46. The van der Waals surface area contributed by atoms with E-state index in [-0.39, 0.29) is 20.1 Å². The Labute approximate surface area is 267 Å². The molecule has 0 amide bonds. The van der Waals surface area contributed by atoms with Gasteiger partial charge in [-0.15, -0.1) is 71.8 Å². The van der Waals surface area contributed by atoms with Crippen LogP contribution >= 0.6 is 0 Å². The number of fused-ring (bicyclic) bond motifs is 1.